The number of sulfonamides is 1. The first-order valence-electron chi connectivity index (χ1n) is 10.8. The van der Waals surface area contributed by atoms with Crippen LogP contribution in [0.15, 0.2) is 59.5 Å². The summed E-state index contributed by atoms with van der Waals surface area (Å²) in [6.07, 6.45) is 5.43. The Labute approximate surface area is 179 Å². The minimum absolute atomic E-state index is 0.179. The standard InChI is InChI=1S/C24H30N2O3S/c1-4-26(5-2)30(27,28)19-14-15-23-22(16-19)20-8-7-9-21(20)24(25-23)17-10-12-18(13-11-17)29-6-3/h7-8,10-16,20-21,24-25H,4-6,9H2,1-3H3. The maximum absolute atomic E-state index is 13.0. The number of benzene rings is 2. The molecule has 1 aliphatic carbocycles. The van der Waals surface area contributed by atoms with Crippen molar-refractivity contribution >= 4 is 15.7 Å². The van der Waals surface area contributed by atoms with E-state index in [1.54, 1.807) is 6.07 Å². The second-order valence-electron chi connectivity index (χ2n) is 7.82. The van der Waals surface area contributed by atoms with Crippen LogP contribution in [0.1, 0.15) is 50.3 Å². The van der Waals surface area contributed by atoms with E-state index in [1.165, 1.54) is 9.87 Å². The number of ether oxygens (including phenoxy) is 1. The minimum Gasteiger partial charge on any atom is -0.494 e. The van der Waals surface area contributed by atoms with Crippen molar-refractivity contribution in [3.05, 3.63) is 65.7 Å². The van der Waals surface area contributed by atoms with E-state index in [2.05, 4.69) is 29.6 Å². The van der Waals surface area contributed by atoms with Crippen LogP contribution in [0.4, 0.5) is 5.69 Å². The second kappa shape index (κ2) is 8.44. The highest BCUT2D eigenvalue weighted by Crippen LogP contribution is 2.50. The van der Waals surface area contributed by atoms with Gasteiger partial charge in [-0.05, 0) is 60.7 Å². The van der Waals surface area contributed by atoms with E-state index < -0.39 is 10.0 Å². The number of allylic oxidation sites excluding steroid dienone is 2. The maximum atomic E-state index is 13.0. The van der Waals surface area contributed by atoms with Gasteiger partial charge < -0.3 is 10.1 Å². The molecule has 1 aliphatic heterocycles. The van der Waals surface area contributed by atoms with Crippen LogP contribution in [-0.2, 0) is 10.0 Å². The molecule has 0 bridgehead atoms. The van der Waals surface area contributed by atoms with Crippen molar-refractivity contribution in [3.63, 3.8) is 0 Å². The lowest BCUT2D eigenvalue weighted by molar-refractivity contribution is 0.340. The van der Waals surface area contributed by atoms with Gasteiger partial charge in [0.25, 0.3) is 0 Å². The van der Waals surface area contributed by atoms with Gasteiger partial charge in [0.2, 0.25) is 10.0 Å². The lowest BCUT2D eigenvalue weighted by Gasteiger charge is -2.38. The topological polar surface area (TPSA) is 58.6 Å². The molecule has 3 atom stereocenters. The predicted octanol–water partition coefficient (Wildman–Crippen LogP) is 4.94. The van der Waals surface area contributed by atoms with Crippen molar-refractivity contribution in [1.29, 1.82) is 0 Å². The highest BCUT2D eigenvalue weighted by Gasteiger charge is 2.38. The Morgan fingerprint density at radius 3 is 2.47 bits per heavy atom. The molecule has 2 aromatic carbocycles. The van der Waals surface area contributed by atoms with Gasteiger partial charge in [-0.15, -0.1) is 0 Å². The fourth-order valence-corrected chi connectivity index (χ4v) is 6.21. The van der Waals surface area contributed by atoms with Gasteiger partial charge in [-0.3, -0.25) is 0 Å². The van der Waals surface area contributed by atoms with E-state index in [1.807, 2.05) is 45.0 Å². The van der Waals surface area contributed by atoms with E-state index in [-0.39, 0.29) is 12.0 Å². The molecule has 0 amide bonds. The fraction of sp³-hybridized carbons (Fsp3) is 0.417. The molecule has 0 spiro atoms. The van der Waals surface area contributed by atoms with Crippen LogP contribution in [0.25, 0.3) is 0 Å². The minimum atomic E-state index is -3.47. The Morgan fingerprint density at radius 2 is 1.80 bits per heavy atom. The van der Waals surface area contributed by atoms with Crippen molar-refractivity contribution in [2.45, 2.75) is 44.0 Å². The third-order valence-electron chi connectivity index (χ3n) is 6.23. The van der Waals surface area contributed by atoms with E-state index in [9.17, 15) is 8.42 Å². The average molecular weight is 427 g/mol. The molecule has 30 heavy (non-hydrogen) atoms. The highest BCUT2D eigenvalue weighted by molar-refractivity contribution is 7.89. The summed E-state index contributed by atoms with van der Waals surface area (Å²) in [7, 11) is -3.47. The van der Waals surface area contributed by atoms with Crippen molar-refractivity contribution in [3.8, 4) is 5.75 Å². The molecule has 4 rings (SSSR count). The number of hydrogen-bond acceptors (Lipinski definition) is 4. The Kier molecular flexibility index (Phi) is 5.89. The molecule has 0 fully saturated rings. The van der Waals surface area contributed by atoms with Gasteiger partial charge in [0.05, 0.1) is 17.5 Å². The zero-order valence-corrected chi connectivity index (χ0v) is 18.7. The largest absolute Gasteiger partial charge is 0.494 e. The first-order chi connectivity index (χ1) is 14.5. The molecule has 0 aromatic heterocycles. The SMILES string of the molecule is CCOc1ccc(C2Nc3ccc(S(=O)(=O)N(CC)CC)cc3C3C=CCC32)cc1. The molecule has 3 unspecified atom stereocenters. The van der Waals surface area contributed by atoms with Crippen molar-refractivity contribution < 1.29 is 13.2 Å². The van der Waals surface area contributed by atoms with Crippen LogP contribution in [0.2, 0.25) is 0 Å². The predicted molar refractivity (Wildman–Crippen MR) is 121 cm³/mol. The van der Waals surface area contributed by atoms with E-state index in [0.29, 0.717) is 30.5 Å². The van der Waals surface area contributed by atoms with Crippen LogP contribution < -0.4 is 10.1 Å². The number of anilines is 1. The average Bonchev–Trinajstić information content (AvgIpc) is 3.24. The normalized spacial score (nSPS) is 22.5. The third-order valence-corrected chi connectivity index (χ3v) is 8.27. The molecule has 1 N–H and O–H groups in total. The van der Waals surface area contributed by atoms with Crippen molar-refractivity contribution in [2.24, 2.45) is 5.92 Å². The van der Waals surface area contributed by atoms with E-state index in [4.69, 9.17) is 4.74 Å². The molecule has 0 saturated carbocycles. The van der Waals surface area contributed by atoms with Crippen LogP contribution in [0, 0.1) is 5.92 Å². The van der Waals surface area contributed by atoms with E-state index in [0.717, 1.165) is 23.4 Å². The fourth-order valence-electron chi connectivity index (χ4n) is 4.71. The smallest absolute Gasteiger partial charge is 0.243 e. The number of fused-ring (bicyclic) bond motifs is 3. The summed E-state index contributed by atoms with van der Waals surface area (Å²) in [4.78, 5) is 0.380. The van der Waals surface area contributed by atoms with Crippen molar-refractivity contribution in [2.75, 3.05) is 25.0 Å². The molecule has 160 valence electrons. The van der Waals surface area contributed by atoms with Crippen LogP contribution in [-0.4, -0.2) is 32.4 Å². The Balaban J connectivity index is 1.68. The zero-order valence-electron chi connectivity index (χ0n) is 17.8. The number of hydrogen-bond donors (Lipinski definition) is 1. The molecule has 0 saturated heterocycles. The molecule has 2 aliphatic rings. The van der Waals surface area contributed by atoms with Gasteiger partial charge in [-0.1, -0.05) is 38.1 Å². The lowest BCUT2D eigenvalue weighted by Crippen LogP contribution is -2.32. The van der Waals surface area contributed by atoms with Gasteiger partial charge in [-0.2, -0.15) is 4.31 Å². The lowest BCUT2D eigenvalue weighted by atomic mass is 9.77. The van der Waals surface area contributed by atoms with Crippen molar-refractivity contribution in [1.82, 2.24) is 4.31 Å². The van der Waals surface area contributed by atoms with Gasteiger partial charge in [0, 0.05) is 24.7 Å². The number of rotatable bonds is 7. The summed E-state index contributed by atoms with van der Waals surface area (Å²) in [5.41, 5.74) is 3.31. The van der Waals surface area contributed by atoms with Crippen LogP contribution in [0.3, 0.4) is 0 Å². The molecular formula is C24H30N2O3S. The van der Waals surface area contributed by atoms with Gasteiger partial charge in [0.1, 0.15) is 5.75 Å². The molecule has 0 radical (unpaired) electrons. The second-order valence-corrected chi connectivity index (χ2v) is 9.75. The summed E-state index contributed by atoms with van der Waals surface area (Å²) in [6.45, 7) is 7.33. The van der Waals surface area contributed by atoms with E-state index >= 15 is 0 Å². The molecule has 1 heterocycles. The maximum Gasteiger partial charge on any atom is 0.243 e. The molecule has 2 aromatic rings. The number of nitrogens with one attached hydrogen (secondary N) is 1. The van der Waals surface area contributed by atoms with Gasteiger partial charge in [-0.25, -0.2) is 8.42 Å². The quantitative estimate of drug-likeness (QED) is 0.637. The summed E-state index contributed by atoms with van der Waals surface area (Å²) >= 11 is 0. The number of nitrogens with zero attached hydrogens (tertiary/aromatic N) is 1. The zero-order chi connectivity index (χ0) is 21.3. The highest BCUT2D eigenvalue weighted by atomic mass is 32.2. The summed E-state index contributed by atoms with van der Waals surface area (Å²) < 4.78 is 33.1. The Bertz CT molecular complexity index is 1030. The summed E-state index contributed by atoms with van der Waals surface area (Å²) in [5.74, 6) is 1.45. The molecule has 5 nitrogen and oxygen atoms in total. The third kappa shape index (κ3) is 3.63. The molecular weight excluding hydrogens is 396 g/mol. The Hall–Kier alpha value is -2.31. The first kappa shape index (κ1) is 20.9. The first-order valence-corrected chi connectivity index (χ1v) is 12.2. The van der Waals surface area contributed by atoms with Gasteiger partial charge >= 0.3 is 0 Å². The summed E-state index contributed by atoms with van der Waals surface area (Å²) in [6, 6.07) is 14.0. The summed E-state index contributed by atoms with van der Waals surface area (Å²) in [5, 5.41) is 3.68. The monoisotopic (exact) mass is 426 g/mol. The van der Waals surface area contributed by atoms with Crippen LogP contribution in [0.5, 0.6) is 5.75 Å². The Morgan fingerprint density at radius 1 is 1.07 bits per heavy atom. The van der Waals surface area contributed by atoms with Gasteiger partial charge in [0.15, 0.2) is 0 Å². The van der Waals surface area contributed by atoms with Crippen LogP contribution >= 0.6 is 0 Å². The molecule has 6 heteroatoms.